The molecule has 1 N–H and O–H groups in total. The fraction of sp³-hybridized carbons (Fsp3) is 0.308. The minimum absolute atomic E-state index is 0.00954. The van der Waals surface area contributed by atoms with E-state index < -0.39 is 10.0 Å². The van der Waals surface area contributed by atoms with Gasteiger partial charge in [0, 0.05) is 22.2 Å². The van der Waals surface area contributed by atoms with Gasteiger partial charge >= 0.3 is 0 Å². The van der Waals surface area contributed by atoms with Crippen LogP contribution in [0, 0.1) is 6.92 Å². The summed E-state index contributed by atoms with van der Waals surface area (Å²) in [6, 6.07) is 4.84. The Morgan fingerprint density at radius 2 is 2.14 bits per heavy atom. The number of aromatic nitrogens is 2. The average molecular weight is 393 g/mol. The third-order valence-electron chi connectivity index (χ3n) is 2.87. The molecule has 0 saturated heterocycles. The van der Waals surface area contributed by atoms with Crippen molar-refractivity contribution in [3.05, 3.63) is 39.7 Å². The average Bonchev–Trinajstić information content (AvgIpc) is 2.76. The molecule has 1 heterocycles. The van der Waals surface area contributed by atoms with Crippen LogP contribution in [0.2, 0.25) is 5.02 Å². The van der Waals surface area contributed by atoms with Crippen LogP contribution in [-0.2, 0) is 16.6 Å². The Bertz CT molecular complexity index is 759. The summed E-state index contributed by atoms with van der Waals surface area (Å²) in [5, 5.41) is 0.531. The first-order valence-electron chi connectivity index (χ1n) is 6.35. The molecule has 0 saturated carbocycles. The molecule has 0 spiro atoms. The van der Waals surface area contributed by atoms with Crippen molar-refractivity contribution in [2.24, 2.45) is 0 Å². The molecule has 21 heavy (non-hydrogen) atoms. The lowest BCUT2D eigenvalue weighted by molar-refractivity contribution is 0.597. The summed E-state index contributed by atoms with van der Waals surface area (Å²) in [6.07, 6.45) is 2.46. The third kappa shape index (κ3) is 3.78. The van der Waals surface area contributed by atoms with Crippen LogP contribution >= 0.6 is 27.5 Å². The Morgan fingerprint density at radius 3 is 2.76 bits per heavy atom. The number of nitrogens with one attached hydrogen (secondary N) is 1. The molecule has 5 nitrogen and oxygen atoms in total. The van der Waals surface area contributed by atoms with Gasteiger partial charge in [0.15, 0.2) is 5.03 Å². The lowest BCUT2D eigenvalue weighted by atomic mass is 10.3. The predicted molar refractivity (Wildman–Crippen MR) is 87.2 cm³/mol. The molecule has 2 aromatic rings. The zero-order valence-corrected chi connectivity index (χ0v) is 14.8. The van der Waals surface area contributed by atoms with Crippen molar-refractivity contribution in [2.45, 2.75) is 31.8 Å². The van der Waals surface area contributed by atoms with E-state index in [0.717, 1.165) is 13.0 Å². The zero-order chi connectivity index (χ0) is 15.6. The molecular weight excluding hydrogens is 378 g/mol. The van der Waals surface area contributed by atoms with E-state index in [1.807, 2.05) is 11.5 Å². The van der Waals surface area contributed by atoms with Gasteiger partial charge in [-0.25, -0.2) is 4.98 Å². The van der Waals surface area contributed by atoms with Gasteiger partial charge in [-0.2, -0.15) is 8.42 Å². The molecule has 0 aliphatic rings. The van der Waals surface area contributed by atoms with Gasteiger partial charge in [0.2, 0.25) is 0 Å². The first-order valence-corrected chi connectivity index (χ1v) is 9.00. The molecule has 0 bridgehead atoms. The molecule has 1 aromatic heterocycles. The Kier molecular flexibility index (Phi) is 4.95. The number of imidazole rings is 1. The van der Waals surface area contributed by atoms with Crippen LogP contribution in [0.5, 0.6) is 0 Å². The SMILES string of the molecule is CCCn1cc(S(=O)(=O)Nc2ccc(Cl)cc2Br)nc1C. The fourth-order valence-corrected chi connectivity index (χ4v) is 3.85. The van der Waals surface area contributed by atoms with Gasteiger partial charge in [-0.15, -0.1) is 0 Å². The number of hydrogen-bond donors (Lipinski definition) is 1. The number of benzene rings is 1. The molecule has 0 fully saturated rings. The van der Waals surface area contributed by atoms with Crippen LogP contribution in [-0.4, -0.2) is 18.0 Å². The molecule has 0 radical (unpaired) electrons. The van der Waals surface area contributed by atoms with Crippen LogP contribution in [0.3, 0.4) is 0 Å². The van der Waals surface area contributed by atoms with Crippen molar-refractivity contribution < 1.29 is 8.42 Å². The van der Waals surface area contributed by atoms with Crippen molar-refractivity contribution in [1.29, 1.82) is 0 Å². The van der Waals surface area contributed by atoms with Crippen LogP contribution in [0.1, 0.15) is 19.2 Å². The highest BCUT2D eigenvalue weighted by atomic mass is 79.9. The number of hydrogen-bond acceptors (Lipinski definition) is 3. The summed E-state index contributed by atoms with van der Waals surface area (Å²) in [5.41, 5.74) is 0.419. The fourth-order valence-electron chi connectivity index (χ4n) is 1.85. The summed E-state index contributed by atoms with van der Waals surface area (Å²) >= 11 is 9.12. The Balaban J connectivity index is 2.32. The van der Waals surface area contributed by atoms with Gasteiger partial charge in [0.1, 0.15) is 5.82 Å². The van der Waals surface area contributed by atoms with Crippen LogP contribution in [0.15, 0.2) is 33.9 Å². The summed E-state index contributed by atoms with van der Waals surface area (Å²) in [7, 11) is -3.72. The van der Waals surface area contributed by atoms with E-state index in [2.05, 4.69) is 25.6 Å². The highest BCUT2D eigenvalue weighted by Crippen LogP contribution is 2.27. The number of nitrogens with zero attached hydrogens (tertiary/aromatic N) is 2. The summed E-state index contributed by atoms with van der Waals surface area (Å²) < 4.78 is 29.6. The van der Waals surface area contributed by atoms with Crippen molar-refractivity contribution in [3.8, 4) is 0 Å². The molecule has 0 atom stereocenters. The van der Waals surface area contributed by atoms with Gasteiger partial charge in [-0.05, 0) is 47.5 Å². The maximum atomic E-state index is 12.4. The number of anilines is 1. The largest absolute Gasteiger partial charge is 0.334 e. The summed E-state index contributed by atoms with van der Waals surface area (Å²) in [4.78, 5) is 4.12. The van der Waals surface area contributed by atoms with Crippen molar-refractivity contribution in [1.82, 2.24) is 9.55 Å². The van der Waals surface area contributed by atoms with Gasteiger partial charge in [-0.1, -0.05) is 18.5 Å². The lowest BCUT2D eigenvalue weighted by Gasteiger charge is -2.08. The highest BCUT2D eigenvalue weighted by Gasteiger charge is 2.20. The maximum Gasteiger partial charge on any atom is 0.280 e. The minimum Gasteiger partial charge on any atom is -0.334 e. The van der Waals surface area contributed by atoms with Gasteiger partial charge in [0.25, 0.3) is 10.0 Å². The molecule has 0 amide bonds. The molecule has 1 aromatic carbocycles. The quantitative estimate of drug-likeness (QED) is 0.841. The van der Waals surface area contributed by atoms with E-state index in [9.17, 15) is 8.42 Å². The minimum atomic E-state index is -3.72. The Hall–Kier alpha value is -1.05. The van der Waals surface area contributed by atoms with Gasteiger partial charge < -0.3 is 4.57 Å². The number of halogens is 2. The lowest BCUT2D eigenvalue weighted by Crippen LogP contribution is -2.13. The molecule has 0 unspecified atom stereocenters. The van der Waals surface area contributed by atoms with E-state index in [-0.39, 0.29) is 5.03 Å². The highest BCUT2D eigenvalue weighted by molar-refractivity contribution is 9.10. The monoisotopic (exact) mass is 391 g/mol. The normalized spacial score (nSPS) is 11.6. The smallest absolute Gasteiger partial charge is 0.280 e. The molecule has 114 valence electrons. The third-order valence-corrected chi connectivity index (χ3v) is 5.00. The molecule has 2 rings (SSSR count). The number of sulfonamides is 1. The molecule has 0 aliphatic carbocycles. The first kappa shape index (κ1) is 16.3. The molecule has 0 aliphatic heterocycles. The predicted octanol–water partition coefficient (Wildman–Crippen LogP) is 3.82. The number of rotatable bonds is 5. The van der Waals surface area contributed by atoms with Crippen LogP contribution < -0.4 is 4.72 Å². The van der Waals surface area contributed by atoms with Crippen molar-refractivity contribution >= 4 is 43.2 Å². The second-order valence-electron chi connectivity index (χ2n) is 4.55. The zero-order valence-electron chi connectivity index (χ0n) is 11.6. The second-order valence-corrected chi connectivity index (χ2v) is 7.47. The van der Waals surface area contributed by atoms with E-state index in [0.29, 0.717) is 21.0 Å². The topological polar surface area (TPSA) is 64.0 Å². The van der Waals surface area contributed by atoms with Crippen molar-refractivity contribution in [3.63, 3.8) is 0 Å². The van der Waals surface area contributed by atoms with E-state index in [1.165, 1.54) is 0 Å². The second kappa shape index (κ2) is 6.37. The van der Waals surface area contributed by atoms with E-state index in [1.54, 1.807) is 31.3 Å². The van der Waals surface area contributed by atoms with E-state index >= 15 is 0 Å². The molecular formula is C13H15BrClN3O2S. The molecule has 8 heteroatoms. The van der Waals surface area contributed by atoms with Gasteiger partial charge in [0.05, 0.1) is 5.69 Å². The van der Waals surface area contributed by atoms with E-state index in [4.69, 9.17) is 11.6 Å². The Labute approximate surface area is 137 Å². The van der Waals surface area contributed by atoms with Crippen LogP contribution in [0.25, 0.3) is 0 Å². The summed E-state index contributed by atoms with van der Waals surface area (Å²) in [5.74, 6) is 0.674. The maximum absolute atomic E-state index is 12.4. The Morgan fingerprint density at radius 1 is 1.43 bits per heavy atom. The first-order chi connectivity index (χ1) is 9.83. The number of aryl methyl sites for hydroxylation is 2. The van der Waals surface area contributed by atoms with Crippen LogP contribution in [0.4, 0.5) is 5.69 Å². The van der Waals surface area contributed by atoms with Crippen molar-refractivity contribution in [2.75, 3.05) is 4.72 Å². The summed E-state index contributed by atoms with van der Waals surface area (Å²) in [6.45, 7) is 4.54. The standard InChI is InChI=1S/C13H15BrClN3O2S/c1-3-6-18-8-13(16-9(18)2)21(19,20)17-12-5-4-10(15)7-11(12)14/h4-5,7-8,17H,3,6H2,1-2H3. The van der Waals surface area contributed by atoms with Gasteiger partial charge in [-0.3, -0.25) is 4.72 Å².